The Hall–Kier alpha value is -1.61. The summed E-state index contributed by atoms with van der Waals surface area (Å²) in [6.07, 6.45) is 3.88. The summed E-state index contributed by atoms with van der Waals surface area (Å²) in [5, 5.41) is 0. The summed E-state index contributed by atoms with van der Waals surface area (Å²) in [5.74, 6) is -0.502. The van der Waals surface area contributed by atoms with Crippen molar-refractivity contribution in [1.29, 1.82) is 0 Å². The van der Waals surface area contributed by atoms with E-state index < -0.39 is 11.5 Å². The molecular weight excluding hydrogens is 214 g/mol. The maximum absolute atomic E-state index is 11.5. The number of hydrogen-bond donors (Lipinski definition) is 1. The molecule has 0 amide bonds. The molecule has 2 N–H and O–H groups in total. The molecule has 0 aliphatic rings. The highest BCUT2D eigenvalue weighted by Gasteiger charge is 2.34. The van der Waals surface area contributed by atoms with Gasteiger partial charge in [0.15, 0.2) is 0 Å². The summed E-state index contributed by atoms with van der Waals surface area (Å²) < 4.78 is 4.69. The molecule has 0 radical (unpaired) electrons. The molecule has 1 aromatic rings. The highest BCUT2D eigenvalue weighted by Crippen LogP contribution is 2.18. The molecule has 0 bridgehead atoms. The highest BCUT2D eigenvalue weighted by molar-refractivity contribution is 5.80. The van der Waals surface area contributed by atoms with Crippen LogP contribution < -0.4 is 5.73 Å². The van der Waals surface area contributed by atoms with E-state index in [2.05, 4.69) is 0 Å². The van der Waals surface area contributed by atoms with Gasteiger partial charge in [0.1, 0.15) is 5.54 Å². The zero-order valence-electron chi connectivity index (χ0n) is 10.5. The van der Waals surface area contributed by atoms with Gasteiger partial charge in [-0.15, -0.1) is 0 Å². The number of rotatable bonds is 4. The van der Waals surface area contributed by atoms with Crippen molar-refractivity contribution in [2.75, 3.05) is 7.11 Å². The van der Waals surface area contributed by atoms with E-state index in [0.717, 1.165) is 5.56 Å². The molecule has 0 aromatic heterocycles. The zero-order chi connectivity index (χ0) is 12.9. The summed E-state index contributed by atoms with van der Waals surface area (Å²) in [7, 11) is 1.35. The number of benzene rings is 1. The molecule has 0 aliphatic heterocycles. The Morgan fingerprint density at radius 3 is 2.53 bits per heavy atom. The van der Waals surface area contributed by atoms with Crippen LogP contribution in [0.15, 0.2) is 36.4 Å². The van der Waals surface area contributed by atoms with Crippen LogP contribution in [0.25, 0.3) is 6.08 Å². The third-order valence-electron chi connectivity index (χ3n) is 2.95. The van der Waals surface area contributed by atoms with Gasteiger partial charge < -0.3 is 10.5 Å². The fourth-order valence-corrected chi connectivity index (χ4v) is 1.43. The van der Waals surface area contributed by atoms with Crippen LogP contribution in [0.2, 0.25) is 0 Å². The monoisotopic (exact) mass is 233 g/mol. The van der Waals surface area contributed by atoms with Crippen molar-refractivity contribution >= 4 is 12.0 Å². The molecule has 0 aliphatic carbocycles. The van der Waals surface area contributed by atoms with E-state index >= 15 is 0 Å². The van der Waals surface area contributed by atoms with Crippen LogP contribution in [-0.2, 0) is 9.53 Å². The van der Waals surface area contributed by atoms with Crippen molar-refractivity contribution in [1.82, 2.24) is 0 Å². The number of nitrogens with two attached hydrogens (primary N) is 1. The second-order valence-electron chi connectivity index (χ2n) is 4.33. The third-order valence-corrected chi connectivity index (χ3v) is 2.95. The molecule has 1 rings (SSSR count). The molecule has 3 heteroatoms. The predicted molar refractivity (Wildman–Crippen MR) is 69.2 cm³/mol. The van der Waals surface area contributed by atoms with Crippen LogP contribution in [0, 0.1) is 5.92 Å². The molecule has 0 heterocycles. The third kappa shape index (κ3) is 3.43. The SMILES string of the molecule is COC(=O)[C@](C)(N)[C@H](C)/C=C/c1ccccc1. The topological polar surface area (TPSA) is 52.3 Å². The minimum atomic E-state index is -1.000. The van der Waals surface area contributed by atoms with Crippen LogP contribution in [0.3, 0.4) is 0 Å². The smallest absolute Gasteiger partial charge is 0.326 e. The molecule has 0 spiro atoms. The van der Waals surface area contributed by atoms with Gasteiger partial charge in [0.2, 0.25) is 0 Å². The minimum absolute atomic E-state index is 0.102. The quantitative estimate of drug-likeness (QED) is 0.811. The Balaban J connectivity index is 2.75. The van der Waals surface area contributed by atoms with Crippen LogP contribution in [0.4, 0.5) is 0 Å². The van der Waals surface area contributed by atoms with E-state index in [-0.39, 0.29) is 5.92 Å². The Labute approximate surface area is 102 Å². The molecule has 3 nitrogen and oxygen atoms in total. The second-order valence-corrected chi connectivity index (χ2v) is 4.33. The predicted octanol–water partition coefficient (Wildman–Crippen LogP) is 2.23. The fraction of sp³-hybridized carbons (Fsp3) is 0.357. The highest BCUT2D eigenvalue weighted by atomic mass is 16.5. The van der Waals surface area contributed by atoms with Gasteiger partial charge in [-0.2, -0.15) is 0 Å². The van der Waals surface area contributed by atoms with Crippen LogP contribution in [0.1, 0.15) is 19.4 Å². The van der Waals surface area contributed by atoms with Crippen LogP contribution >= 0.6 is 0 Å². The lowest BCUT2D eigenvalue weighted by molar-refractivity contribution is -0.147. The van der Waals surface area contributed by atoms with E-state index in [4.69, 9.17) is 10.5 Å². The summed E-state index contributed by atoms with van der Waals surface area (Å²) in [6, 6.07) is 9.88. The second kappa shape index (κ2) is 5.64. The average Bonchev–Trinajstić information content (AvgIpc) is 2.35. The van der Waals surface area contributed by atoms with Gasteiger partial charge in [0.25, 0.3) is 0 Å². The standard InChI is InChI=1S/C14H19NO2/c1-11(14(2,15)13(16)17-3)9-10-12-7-5-4-6-8-12/h4-11H,15H2,1-3H3/b10-9+/t11-,14-/m1/s1. The summed E-state index contributed by atoms with van der Waals surface area (Å²) in [4.78, 5) is 11.5. The van der Waals surface area contributed by atoms with E-state index in [9.17, 15) is 4.79 Å². The van der Waals surface area contributed by atoms with Gasteiger partial charge >= 0.3 is 5.97 Å². The van der Waals surface area contributed by atoms with E-state index in [1.54, 1.807) is 6.92 Å². The molecule has 0 fully saturated rings. The van der Waals surface area contributed by atoms with E-state index in [0.29, 0.717) is 0 Å². The Morgan fingerprint density at radius 1 is 1.41 bits per heavy atom. The first-order chi connectivity index (χ1) is 7.98. The first kappa shape index (κ1) is 13.5. The van der Waals surface area contributed by atoms with Gasteiger partial charge in [-0.3, -0.25) is 4.79 Å². The number of methoxy groups -OCH3 is 1. The van der Waals surface area contributed by atoms with Crippen LogP contribution in [0.5, 0.6) is 0 Å². The molecule has 0 unspecified atom stereocenters. The lowest BCUT2D eigenvalue weighted by atomic mass is 9.87. The molecular formula is C14H19NO2. The van der Waals surface area contributed by atoms with Crippen molar-refractivity contribution in [3.63, 3.8) is 0 Å². The van der Waals surface area contributed by atoms with Crippen molar-refractivity contribution in [2.24, 2.45) is 11.7 Å². The minimum Gasteiger partial charge on any atom is -0.468 e. The van der Waals surface area contributed by atoms with Crippen LogP contribution in [-0.4, -0.2) is 18.6 Å². The number of carbonyl (C=O) groups is 1. The molecule has 17 heavy (non-hydrogen) atoms. The Kier molecular flexibility index (Phi) is 4.46. The Bertz CT molecular complexity index is 396. The van der Waals surface area contributed by atoms with Gasteiger partial charge in [0, 0.05) is 5.92 Å². The average molecular weight is 233 g/mol. The molecule has 1 aromatic carbocycles. The first-order valence-corrected chi connectivity index (χ1v) is 5.59. The van der Waals surface area contributed by atoms with Crippen molar-refractivity contribution in [3.8, 4) is 0 Å². The molecule has 92 valence electrons. The van der Waals surface area contributed by atoms with Gasteiger partial charge in [0.05, 0.1) is 7.11 Å². The van der Waals surface area contributed by atoms with Gasteiger partial charge in [-0.25, -0.2) is 0 Å². The van der Waals surface area contributed by atoms with E-state index in [1.165, 1.54) is 7.11 Å². The normalized spacial score (nSPS) is 16.5. The maximum Gasteiger partial charge on any atom is 0.326 e. The number of carbonyl (C=O) groups excluding carboxylic acids is 1. The number of esters is 1. The summed E-state index contributed by atoms with van der Waals surface area (Å²) in [5.41, 5.74) is 6.04. The summed E-state index contributed by atoms with van der Waals surface area (Å²) >= 11 is 0. The number of ether oxygens (including phenoxy) is 1. The Morgan fingerprint density at radius 2 is 2.00 bits per heavy atom. The molecule has 2 atom stereocenters. The largest absolute Gasteiger partial charge is 0.468 e. The lowest BCUT2D eigenvalue weighted by Crippen LogP contribution is -2.50. The maximum atomic E-state index is 11.5. The summed E-state index contributed by atoms with van der Waals surface area (Å²) in [6.45, 7) is 3.58. The van der Waals surface area contributed by atoms with Gasteiger partial charge in [-0.05, 0) is 12.5 Å². The lowest BCUT2D eigenvalue weighted by Gasteiger charge is -2.26. The van der Waals surface area contributed by atoms with Crippen molar-refractivity contribution < 1.29 is 9.53 Å². The number of hydrogen-bond acceptors (Lipinski definition) is 3. The van der Waals surface area contributed by atoms with Gasteiger partial charge in [-0.1, -0.05) is 49.4 Å². The van der Waals surface area contributed by atoms with E-state index in [1.807, 2.05) is 49.4 Å². The molecule has 0 saturated heterocycles. The first-order valence-electron chi connectivity index (χ1n) is 5.59. The van der Waals surface area contributed by atoms with Crippen molar-refractivity contribution in [2.45, 2.75) is 19.4 Å². The fourth-order valence-electron chi connectivity index (χ4n) is 1.43. The zero-order valence-corrected chi connectivity index (χ0v) is 10.5. The van der Waals surface area contributed by atoms with Crippen molar-refractivity contribution in [3.05, 3.63) is 42.0 Å². The molecule has 0 saturated carbocycles.